The Morgan fingerprint density at radius 1 is 0.897 bits per heavy atom. The molecule has 324 valence electrons. The summed E-state index contributed by atoms with van der Waals surface area (Å²) in [6.45, 7) is 12.4. The minimum Gasteiger partial charge on any atom is -0.463 e. The Kier molecular flexibility index (Phi) is 16.5. The molecule has 58 heavy (non-hydrogen) atoms. The summed E-state index contributed by atoms with van der Waals surface area (Å²) < 4.78 is 45.4. The fourth-order valence-electron chi connectivity index (χ4n) is 7.27. The number of thiazole rings is 1. The minimum atomic E-state index is -1.40. The van der Waals surface area contributed by atoms with Gasteiger partial charge in [-0.15, -0.1) is 11.3 Å². The lowest BCUT2D eigenvalue weighted by atomic mass is 9.73. The summed E-state index contributed by atoms with van der Waals surface area (Å²) in [7, 11) is 0. The summed E-state index contributed by atoms with van der Waals surface area (Å²) in [5.74, 6) is -4.88. The SMILES string of the molecule is CC(=O)OC[C@H]1O[C@@H](OCc2nc(/C=C(\C)[C@@H]3C[C@@H]4O[C@@H]4CCC[C@H](C)[C@H](O)[C@@H](C)C(=O)C(C)(C)[C@@H](O)CC(=O)O3)cs2)[C@H](OC(C)=O)[C@@H](OC(C)=O)[C@@H]1OC(C)=O. The second-order valence-electron chi connectivity index (χ2n) is 15.9. The zero-order valence-corrected chi connectivity index (χ0v) is 35.3. The van der Waals surface area contributed by atoms with Crippen LogP contribution in [0.5, 0.6) is 0 Å². The number of esters is 5. The van der Waals surface area contributed by atoms with Crippen molar-refractivity contribution in [2.45, 2.75) is 162 Å². The van der Waals surface area contributed by atoms with Crippen molar-refractivity contribution in [1.29, 1.82) is 0 Å². The van der Waals surface area contributed by atoms with Crippen LogP contribution in [0, 0.1) is 17.3 Å². The van der Waals surface area contributed by atoms with Crippen molar-refractivity contribution < 1.29 is 76.9 Å². The number of epoxide rings is 1. The molecular weight excluding hydrogens is 782 g/mol. The molecule has 17 nitrogen and oxygen atoms in total. The number of ketones is 1. The number of hydrogen-bond donors (Lipinski definition) is 2. The number of ether oxygens (including phenoxy) is 8. The van der Waals surface area contributed by atoms with E-state index in [1.165, 1.54) is 18.3 Å². The Morgan fingerprint density at radius 2 is 1.53 bits per heavy atom. The van der Waals surface area contributed by atoms with Gasteiger partial charge in [0.25, 0.3) is 0 Å². The number of rotatable bonds is 10. The predicted molar refractivity (Wildman–Crippen MR) is 203 cm³/mol. The van der Waals surface area contributed by atoms with Gasteiger partial charge in [-0.2, -0.15) is 0 Å². The van der Waals surface area contributed by atoms with Crippen LogP contribution in [0.2, 0.25) is 0 Å². The molecule has 0 radical (unpaired) electrons. The van der Waals surface area contributed by atoms with Gasteiger partial charge in [0.2, 0.25) is 0 Å². The van der Waals surface area contributed by atoms with Crippen molar-refractivity contribution in [3.63, 3.8) is 0 Å². The van der Waals surface area contributed by atoms with Crippen LogP contribution in [0.4, 0.5) is 0 Å². The Bertz CT molecular complexity index is 1670. The molecule has 3 aliphatic rings. The Morgan fingerprint density at radius 3 is 2.17 bits per heavy atom. The van der Waals surface area contributed by atoms with E-state index in [9.17, 15) is 39.0 Å². The first-order chi connectivity index (χ1) is 27.2. The van der Waals surface area contributed by atoms with E-state index >= 15 is 0 Å². The Balaban J connectivity index is 1.52. The lowest BCUT2D eigenvalue weighted by Gasteiger charge is -2.43. The van der Waals surface area contributed by atoms with Crippen molar-refractivity contribution in [2.24, 2.45) is 17.3 Å². The van der Waals surface area contributed by atoms with Crippen LogP contribution in [0.3, 0.4) is 0 Å². The summed E-state index contributed by atoms with van der Waals surface area (Å²) in [6.07, 6.45) is -6.01. The van der Waals surface area contributed by atoms with Gasteiger partial charge in [0.1, 0.15) is 36.2 Å². The average molecular weight is 840 g/mol. The van der Waals surface area contributed by atoms with Gasteiger partial charge in [-0.1, -0.05) is 34.1 Å². The third-order valence-corrected chi connectivity index (χ3v) is 11.5. The number of aromatic nitrogens is 1. The maximum absolute atomic E-state index is 13.4. The van der Waals surface area contributed by atoms with E-state index in [1.54, 1.807) is 39.2 Å². The van der Waals surface area contributed by atoms with Gasteiger partial charge in [-0.25, -0.2) is 4.98 Å². The van der Waals surface area contributed by atoms with Crippen LogP contribution in [0.15, 0.2) is 11.0 Å². The van der Waals surface area contributed by atoms with Crippen LogP contribution in [-0.4, -0.2) is 119 Å². The summed E-state index contributed by atoms with van der Waals surface area (Å²) in [4.78, 5) is 79.4. The van der Waals surface area contributed by atoms with Gasteiger partial charge >= 0.3 is 29.8 Å². The van der Waals surface area contributed by atoms with Gasteiger partial charge in [0.05, 0.1) is 41.9 Å². The monoisotopic (exact) mass is 839 g/mol. The van der Waals surface area contributed by atoms with Crippen LogP contribution < -0.4 is 0 Å². The zero-order chi connectivity index (χ0) is 43.1. The summed E-state index contributed by atoms with van der Waals surface area (Å²) in [5.41, 5.74) is -0.167. The van der Waals surface area contributed by atoms with Crippen molar-refractivity contribution in [3.8, 4) is 0 Å². The van der Waals surface area contributed by atoms with E-state index in [2.05, 4.69) is 4.98 Å². The number of carbonyl (C=O) groups excluding carboxylic acids is 6. The number of Topliss-reactive ketones (excluding diaryl/α,β-unsaturated/α-hetero) is 1. The highest BCUT2D eigenvalue weighted by Crippen LogP contribution is 2.37. The van der Waals surface area contributed by atoms with Crippen LogP contribution in [0.1, 0.15) is 105 Å². The molecule has 18 heteroatoms. The Labute approximate surface area is 342 Å². The number of aliphatic hydroxyl groups excluding tert-OH is 2. The summed E-state index contributed by atoms with van der Waals surface area (Å²) in [5, 5.41) is 24.2. The van der Waals surface area contributed by atoms with Crippen molar-refractivity contribution in [3.05, 3.63) is 21.7 Å². The van der Waals surface area contributed by atoms with Crippen LogP contribution in [0.25, 0.3) is 6.08 Å². The second-order valence-corrected chi connectivity index (χ2v) is 16.8. The first-order valence-corrected chi connectivity index (χ1v) is 20.4. The van der Waals surface area contributed by atoms with Gasteiger partial charge in [0.15, 0.2) is 24.6 Å². The molecule has 0 bridgehead atoms. The molecule has 12 atom stereocenters. The highest BCUT2D eigenvalue weighted by atomic mass is 32.1. The molecule has 2 N–H and O–H groups in total. The first-order valence-electron chi connectivity index (χ1n) is 19.5. The van der Waals surface area contributed by atoms with E-state index < -0.39 is 103 Å². The van der Waals surface area contributed by atoms with E-state index in [1.807, 2.05) is 6.92 Å². The number of aliphatic hydroxyl groups is 2. The fourth-order valence-corrected chi connectivity index (χ4v) is 7.94. The lowest BCUT2D eigenvalue weighted by Crippen LogP contribution is -2.62. The molecule has 1 aromatic rings. The third-order valence-electron chi connectivity index (χ3n) is 10.7. The maximum atomic E-state index is 13.4. The average Bonchev–Trinajstić information content (AvgIpc) is 3.71. The topological polar surface area (TPSA) is 233 Å². The molecular formula is C40H57NO16S. The molecule has 4 rings (SSSR count). The molecule has 0 aliphatic carbocycles. The fraction of sp³-hybridized carbons (Fsp3) is 0.725. The highest BCUT2D eigenvalue weighted by molar-refractivity contribution is 7.09. The largest absolute Gasteiger partial charge is 0.463 e. The maximum Gasteiger partial charge on any atom is 0.309 e. The van der Waals surface area contributed by atoms with Crippen LogP contribution in [-0.2, 0) is 73.3 Å². The molecule has 3 saturated heterocycles. The molecule has 0 spiro atoms. The summed E-state index contributed by atoms with van der Waals surface area (Å²) in [6, 6.07) is 0. The lowest BCUT2D eigenvalue weighted by molar-refractivity contribution is -0.310. The standard InChI is InChI=1S/C40H57NO16S/c1-19-11-10-12-27-29(55-27)14-28(56-33(47)15-31(46)40(8,9)38(49)21(3)34(19)48)20(2)13-26-18-58-32(41-26)17-51-39-37(54-25(7)45)36(53-24(6)44)35(52-23(5)43)30(57-39)16-50-22(4)42/h13,18-19,21,27-31,34-37,39,46,48H,10-12,14-17H2,1-9H3/b20-13+/t19-,21+,27+,28-,29-,30+,31-,34-,35+,36-,37+,39+/m0/s1. The second kappa shape index (κ2) is 20.4. The van der Waals surface area contributed by atoms with E-state index in [0.29, 0.717) is 29.1 Å². The number of cyclic esters (lactones) is 1. The minimum absolute atomic E-state index is 0.0472. The van der Waals surface area contributed by atoms with E-state index in [4.69, 9.17) is 37.9 Å². The molecule has 3 aliphatic heterocycles. The van der Waals surface area contributed by atoms with Gasteiger partial charge in [0, 0.05) is 45.4 Å². The van der Waals surface area contributed by atoms with Crippen molar-refractivity contribution in [2.75, 3.05) is 6.61 Å². The number of fused-ring (bicyclic) bond motifs is 1. The van der Waals surface area contributed by atoms with E-state index in [-0.39, 0.29) is 30.5 Å². The summed E-state index contributed by atoms with van der Waals surface area (Å²) >= 11 is 1.23. The molecule has 1 aromatic heterocycles. The normalized spacial score (nSPS) is 33.5. The van der Waals surface area contributed by atoms with Gasteiger partial charge in [-0.3, -0.25) is 28.8 Å². The molecule has 0 amide bonds. The number of hydrogen-bond acceptors (Lipinski definition) is 18. The quantitative estimate of drug-likeness (QED) is 0.195. The van der Waals surface area contributed by atoms with Crippen molar-refractivity contribution in [1.82, 2.24) is 4.98 Å². The molecule has 4 heterocycles. The smallest absolute Gasteiger partial charge is 0.309 e. The third kappa shape index (κ3) is 12.8. The molecule has 3 fully saturated rings. The van der Waals surface area contributed by atoms with Gasteiger partial charge < -0.3 is 48.1 Å². The number of carbonyl (C=O) groups is 6. The number of nitrogens with zero attached hydrogens (tertiary/aromatic N) is 1. The molecule has 0 aromatic carbocycles. The van der Waals surface area contributed by atoms with Gasteiger partial charge in [-0.05, 0) is 37.3 Å². The Hall–Kier alpha value is -3.81. The molecule has 0 saturated carbocycles. The predicted octanol–water partition coefficient (Wildman–Crippen LogP) is 3.38. The molecule has 0 unspecified atom stereocenters. The first kappa shape index (κ1) is 46.9. The van der Waals surface area contributed by atoms with Crippen LogP contribution >= 0.6 is 11.3 Å². The highest BCUT2D eigenvalue weighted by Gasteiger charge is 2.53. The van der Waals surface area contributed by atoms with Crippen molar-refractivity contribution >= 4 is 53.0 Å². The zero-order valence-electron chi connectivity index (χ0n) is 34.5. The van der Waals surface area contributed by atoms with E-state index in [0.717, 1.165) is 33.6 Å².